The number of aryl methyl sites for hydroxylation is 1. The molecule has 3 rings (SSSR count). The zero-order valence-electron chi connectivity index (χ0n) is 12.7. The van der Waals surface area contributed by atoms with Crippen LogP contribution in [-0.4, -0.2) is 19.7 Å². The van der Waals surface area contributed by atoms with Gasteiger partial charge in [0.1, 0.15) is 10.8 Å². The lowest BCUT2D eigenvalue weighted by Gasteiger charge is -2.05. The Morgan fingerprint density at radius 2 is 2.00 bits per heavy atom. The molecule has 0 radical (unpaired) electrons. The first-order valence-electron chi connectivity index (χ1n) is 7.30. The van der Waals surface area contributed by atoms with E-state index in [1.807, 2.05) is 25.1 Å². The third-order valence-electron chi connectivity index (χ3n) is 3.27. The number of rotatable bonds is 6. The van der Waals surface area contributed by atoms with Crippen molar-refractivity contribution in [1.29, 1.82) is 0 Å². The van der Waals surface area contributed by atoms with Crippen molar-refractivity contribution in [2.75, 3.05) is 0 Å². The Bertz CT molecular complexity index is 734. The first-order valence-corrected chi connectivity index (χ1v) is 9.17. The lowest BCUT2D eigenvalue weighted by Crippen LogP contribution is -2.01. The van der Waals surface area contributed by atoms with Crippen molar-refractivity contribution in [2.45, 2.75) is 37.7 Å². The molecule has 0 aliphatic heterocycles. The minimum Gasteiger partial charge on any atom is -0.306 e. The average Bonchev–Trinajstić information content (AvgIpc) is 3.15. The molecule has 0 N–H and O–H groups in total. The van der Waals surface area contributed by atoms with Crippen LogP contribution >= 0.6 is 23.1 Å². The van der Waals surface area contributed by atoms with Crippen LogP contribution in [0, 0.1) is 6.92 Å². The monoisotopic (exact) mass is 330 g/mol. The summed E-state index contributed by atoms with van der Waals surface area (Å²) in [7, 11) is 0. The van der Waals surface area contributed by atoms with Gasteiger partial charge in [0.05, 0.1) is 5.69 Å². The van der Waals surface area contributed by atoms with Gasteiger partial charge in [-0.3, -0.25) is 0 Å². The molecule has 1 aromatic carbocycles. The second-order valence-electron chi connectivity index (χ2n) is 4.98. The third kappa shape index (κ3) is 3.39. The molecule has 0 aliphatic carbocycles. The maximum Gasteiger partial charge on any atom is 0.191 e. The first kappa shape index (κ1) is 15.2. The number of thioether (sulfide) groups is 1. The number of nitrogens with zero attached hydrogens (tertiary/aromatic N) is 4. The summed E-state index contributed by atoms with van der Waals surface area (Å²) >= 11 is 3.39. The molecule has 114 valence electrons. The number of hydrogen-bond acceptors (Lipinski definition) is 5. The summed E-state index contributed by atoms with van der Waals surface area (Å²) < 4.78 is 2.18. The van der Waals surface area contributed by atoms with Crippen molar-refractivity contribution in [2.24, 2.45) is 0 Å². The van der Waals surface area contributed by atoms with E-state index >= 15 is 0 Å². The number of aromatic nitrogens is 4. The number of thiazole rings is 1. The van der Waals surface area contributed by atoms with Gasteiger partial charge in [0.25, 0.3) is 0 Å². The molecule has 0 atom stereocenters. The molecule has 2 heterocycles. The molecule has 0 fully saturated rings. The molecule has 3 aromatic rings. The highest BCUT2D eigenvalue weighted by Crippen LogP contribution is 2.27. The summed E-state index contributed by atoms with van der Waals surface area (Å²) in [6.07, 6.45) is 1.08. The Morgan fingerprint density at radius 1 is 1.18 bits per heavy atom. The first-order chi connectivity index (χ1) is 10.8. The van der Waals surface area contributed by atoms with E-state index in [-0.39, 0.29) is 0 Å². The Balaban J connectivity index is 1.69. The predicted octanol–water partition coefficient (Wildman–Crippen LogP) is 4.41. The van der Waals surface area contributed by atoms with Crippen molar-refractivity contribution >= 4 is 23.1 Å². The Hall–Kier alpha value is -1.66. The molecule has 0 amide bonds. The van der Waals surface area contributed by atoms with E-state index in [0.717, 1.165) is 40.4 Å². The van der Waals surface area contributed by atoms with Crippen LogP contribution in [0.15, 0.2) is 40.9 Å². The zero-order valence-corrected chi connectivity index (χ0v) is 14.3. The van der Waals surface area contributed by atoms with Crippen LogP contribution in [0.3, 0.4) is 0 Å². The van der Waals surface area contributed by atoms with E-state index in [1.165, 1.54) is 5.56 Å². The van der Waals surface area contributed by atoms with Gasteiger partial charge in [0.15, 0.2) is 5.16 Å². The predicted molar refractivity (Wildman–Crippen MR) is 92.2 cm³/mol. The minimum absolute atomic E-state index is 0.825. The van der Waals surface area contributed by atoms with Crippen LogP contribution in [0.25, 0.3) is 10.6 Å². The van der Waals surface area contributed by atoms with Gasteiger partial charge in [-0.25, -0.2) is 4.98 Å². The van der Waals surface area contributed by atoms with Gasteiger partial charge in [-0.15, -0.1) is 21.5 Å². The van der Waals surface area contributed by atoms with Gasteiger partial charge in [-0.2, -0.15) is 0 Å². The normalized spacial score (nSPS) is 11.0. The largest absolute Gasteiger partial charge is 0.306 e. The minimum atomic E-state index is 0.825. The summed E-state index contributed by atoms with van der Waals surface area (Å²) in [5, 5.41) is 12.6. The van der Waals surface area contributed by atoms with Crippen LogP contribution in [0.5, 0.6) is 0 Å². The Morgan fingerprint density at radius 3 is 2.77 bits per heavy atom. The molecule has 0 saturated carbocycles. The fraction of sp³-hybridized carbons (Fsp3) is 0.312. The van der Waals surface area contributed by atoms with E-state index < -0.39 is 0 Å². The molecule has 0 aliphatic rings. The zero-order chi connectivity index (χ0) is 15.4. The molecule has 0 spiro atoms. The van der Waals surface area contributed by atoms with Gasteiger partial charge < -0.3 is 4.57 Å². The number of hydrogen-bond donors (Lipinski definition) is 0. The SMILES string of the molecule is CCCn1c(C)nnc1SCc1csc(-c2ccccc2)n1. The van der Waals surface area contributed by atoms with Crippen LogP contribution in [0.2, 0.25) is 0 Å². The maximum atomic E-state index is 4.72. The summed E-state index contributed by atoms with van der Waals surface area (Å²) in [5.41, 5.74) is 2.27. The lowest BCUT2D eigenvalue weighted by atomic mass is 10.2. The fourth-order valence-electron chi connectivity index (χ4n) is 2.17. The maximum absolute atomic E-state index is 4.72. The molecule has 2 aromatic heterocycles. The second-order valence-corrected chi connectivity index (χ2v) is 6.78. The van der Waals surface area contributed by atoms with Gasteiger partial charge >= 0.3 is 0 Å². The van der Waals surface area contributed by atoms with Gasteiger partial charge in [0.2, 0.25) is 0 Å². The average molecular weight is 330 g/mol. The summed E-state index contributed by atoms with van der Waals surface area (Å²) in [4.78, 5) is 4.72. The standard InChI is InChI=1S/C16H18N4S2/c1-3-9-20-12(2)18-19-16(20)22-11-14-10-21-15(17-14)13-7-5-4-6-8-13/h4-8,10H,3,9,11H2,1-2H3. The van der Waals surface area contributed by atoms with E-state index in [4.69, 9.17) is 4.98 Å². The van der Waals surface area contributed by atoms with Gasteiger partial charge in [-0.05, 0) is 13.3 Å². The van der Waals surface area contributed by atoms with Crippen LogP contribution in [-0.2, 0) is 12.3 Å². The summed E-state index contributed by atoms with van der Waals surface area (Å²) in [5.74, 6) is 1.80. The number of benzene rings is 1. The quantitative estimate of drug-likeness (QED) is 0.628. The van der Waals surface area contributed by atoms with E-state index in [9.17, 15) is 0 Å². The molecule has 0 unspecified atom stereocenters. The molecule has 0 bridgehead atoms. The molecule has 22 heavy (non-hydrogen) atoms. The Labute approximate surface area is 138 Å². The highest BCUT2D eigenvalue weighted by molar-refractivity contribution is 7.98. The van der Waals surface area contributed by atoms with Crippen LogP contribution in [0.1, 0.15) is 24.9 Å². The lowest BCUT2D eigenvalue weighted by molar-refractivity contribution is 0.605. The summed E-state index contributed by atoms with van der Waals surface area (Å²) in [6.45, 7) is 5.14. The highest BCUT2D eigenvalue weighted by atomic mass is 32.2. The fourth-order valence-corrected chi connectivity index (χ4v) is 4.01. The van der Waals surface area contributed by atoms with Crippen molar-refractivity contribution in [1.82, 2.24) is 19.7 Å². The van der Waals surface area contributed by atoms with Crippen LogP contribution < -0.4 is 0 Å². The van der Waals surface area contributed by atoms with Crippen molar-refractivity contribution in [3.8, 4) is 10.6 Å². The van der Waals surface area contributed by atoms with E-state index in [1.54, 1.807) is 23.1 Å². The Kier molecular flexibility index (Phi) is 4.90. The van der Waals surface area contributed by atoms with E-state index in [0.29, 0.717) is 0 Å². The van der Waals surface area contributed by atoms with Gasteiger partial charge in [0, 0.05) is 23.2 Å². The van der Waals surface area contributed by atoms with E-state index in [2.05, 4.69) is 39.2 Å². The molecular weight excluding hydrogens is 312 g/mol. The molecular formula is C16H18N4S2. The highest BCUT2D eigenvalue weighted by Gasteiger charge is 2.10. The topological polar surface area (TPSA) is 43.6 Å². The molecule has 6 heteroatoms. The molecule has 4 nitrogen and oxygen atoms in total. The second kappa shape index (κ2) is 7.07. The third-order valence-corrected chi connectivity index (χ3v) is 5.21. The van der Waals surface area contributed by atoms with Crippen molar-refractivity contribution in [3.05, 3.63) is 47.2 Å². The smallest absolute Gasteiger partial charge is 0.191 e. The van der Waals surface area contributed by atoms with Crippen molar-refractivity contribution in [3.63, 3.8) is 0 Å². The summed E-state index contributed by atoms with van der Waals surface area (Å²) in [6, 6.07) is 10.3. The van der Waals surface area contributed by atoms with Gasteiger partial charge in [-0.1, -0.05) is 49.0 Å². The van der Waals surface area contributed by atoms with Crippen LogP contribution in [0.4, 0.5) is 0 Å². The van der Waals surface area contributed by atoms with Crippen molar-refractivity contribution < 1.29 is 0 Å². The molecule has 0 saturated heterocycles.